The van der Waals surface area contributed by atoms with Crippen molar-refractivity contribution in [1.29, 1.82) is 0 Å². The minimum absolute atomic E-state index is 0.557. The van der Waals surface area contributed by atoms with Crippen molar-refractivity contribution in [3.8, 4) is 5.75 Å². The van der Waals surface area contributed by atoms with Gasteiger partial charge in [0.15, 0.2) is 0 Å². The fourth-order valence-electron chi connectivity index (χ4n) is 2.90. The third kappa shape index (κ3) is 7.67. The molecule has 0 aliphatic rings. The molecule has 1 N–H and O–H groups in total. The molecule has 0 spiro atoms. The molecule has 5 heteroatoms. The molecule has 0 radical (unpaired) electrons. The highest BCUT2D eigenvalue weighted by Crippen LogP contribution is 2.29. The summed E-state index contributed by atoms with van der Waals surface area (Å²) >= 11 is 0. The van der Waals surface area contributed by atoms with Gasteiger partial charge in [-0.3, -0.25) is 4.55 Å². The number of ether oxygens (including phenoxy) is 1. The van der Waals surface area contributed by atoms with Crippen LogP contribution < -0.4 is 4.74 Å². The van der Waals surface area contributed by atoms with Crippen LogP contribution in [0.4, 0.5) is 0 Å². The van der Waals surface area contributed by atoms with E-state index in [-0.39, 0.29) is 0 Å². The van der Waals surface area contributed by atoms with Gasteiger partial charge in [-0.15, -0.1) is 0 Å². The lowest BCUT2D eigenvalue weighted by molar-refractivity contribution is 0.177. The predicted octanol–water partition coefficient (Wildman–Crippen LogP) is 5.93. The fraction of sp³-hybridized carbons (Fsp3) is 0.714. The van der Waals surface area contributed by atoms with Gasteiger partial charge in [0, 0.05) is 0 Å². The minimum atomic E-state index is -4.30. The summed E-state index contributed by atoms with van der Waals surface area (Å²) in [7, 11) is -4.30. The third-order valence-corrected chi connectivity index (χ3v) is 6.05. The molecular weight excluding hydrogens is 348 g/mol. The van der Waals surface area contributed by atoms with Gasteiger partial charge in [0.1, 0.15) is 5.75 Å². The number of unbranched alkanes of at least 4 members (excludes halogenated alkanes) is 6. The van der Waals surface area contributed by atoms with Crippen LogP contribution in [0.25, 0.3) is 0 Å². The molecular formula is C21H36O4S. The molecule has 0 unspecified atom stereocenters. The highest BCUT2D eigenvalue weighted by molar-refractivity contribution is 7.87. The summed E-state index contributed by atoms with van der Waals surface area (Å²) in [4.78, 5) is -1.66. The zero-order chi connectivity index (χ0) is 19.6. The molecule has 0 atom stereocenters. The van der Waals surface area contributed by atoms with E-state index in [1.54, 1.807) is 0 Å². The Morgan fingerprint density at radius 3 is 2.04 bits per heavy atom. The standard InChI is InChI=1S/C21H36O4S/c1-5-7-9-11-13-18-15-16-20(25-21(3,4)26(22,23)24)19(17-18)14-12-10-8-6-2/h15-17H,5-14H2,1-4H3,(H,22,23,24). The van der Waals surface area contributed by atoms with Gasteiger partial charge in [-0.2, -0.15) is 8.42 Å². The second kappa shape index (κ2) is 10.9. The zero-order valence-electron chi connectivity index (χ0n) is 16.9. The van der Waals surface area contributed by atoms with Crippen molar-refractivity contribution in [2.24, 2.45) is 0 Å². The van der Waals surface area contributed by atoms with Crippen LogP contribution in [0.15, 0.2) is 18.2 Å². The highest BCUT2D eigenvalue weighted by Gasteiger charge is 2.35. The highest BCUT2D eigenvalue weighted by atomic mass is 32.2. The maximum absolute atomic E-state index is 11.6. The van der Waals surface area contributed by atoms with Crippen molar-refractivity contribution in [3.63, 3.8) is 0 Å². The van der Waals surface area contributed by atoms with Gasteiger partial charge < -0.3 is 4.74 Å². The Kier molecular flexibility index (Phi) is 9.66. The molecule has 4 nitrogen and oxygen atoms in total. The molecule has 0 amide bonds. The molecule has 0 bridgehead atoms. The monoisotopic (exact) mass is 384 g/mol. The van der Waals surface area contributed by atoms with Gasteiger partial charge in [-0.1, -0.05) is 64.5 Å². The minimum Gasteiger partial charge on any atom is -0.469 e. The molecule has 0 saturated heterocycles. The maximum atomic E-state index is 11.6. The molecule has 0 heterocycles. The summed E-state index contributed by atoms with van der Waals surface area (Å²) in [6, 6.07) is 6.02. The number of rotatable bonds is 13. The molecule has 0 aromatic heterocycles. The summed E-state index contributed by atoms with van der Waals surface area (Å²) in [5.41, 5.74) is 2.30. The van der Waals surface area contributed by atoms with Gasteiger partial charge in [0.05, 0.1) is 0 Å². The largest absolute Gasteiger partial charge is 0.469 e. The van der Waals surface area contributed by atoms with Crippen LogP contribution in [-0.2, 0) is 23.0 Å². The first-order valence-electron chi connectivity index (χ1n) is 9.99. The quantitative estimate of drug-likeness (QED) is 0.338. The van der Waals surface area contributed by atoms with Crippen molar-refractivity contribution < 1.29 is 17.7 Å². The first-order chi connectivity index (χ1) is 12.2. The first kappa shape index (κ1) is 23.0. The second-order valence-corrected chi connectivity index (χ2v) is 9.47. The lowest BCUT2D eigenvalue weighted by Crippen LogP contribution is -2.37. The molecule has 0 aliphatic heterocycles. The number of hydrogen-bond donors (Lipinski definition) is 1. The number of benzene rings is 1. The molecule has 26 heavy (non-hydrogen) atoms. The van der Waals surface area contributed by atoms with Crippen LogP contribution >= 0.6 is 0 Å². The van der Waals surface area contributed by atoms with Crippen molar-refractivity contribution in [1.82, 2.24) is 0 Å². The van der Waals surface area contributed by atoms with Crippen molar-refractivity contribution in [2.45, 2.75) is 96.8 Å². The Morgan fingerprint density at radius 2 is 1.50 bits per heavy atom. The van der Waals surface area contributed by atoms with Gasteiger partial charge >= 0.3 is 10.1 Å². The van der Waals surface area contributed by atoms with E-state index in [1.165, 1.54) is 57.9 Å². The second-order valence-electron chi connectivity index (χ2n) is 7.54. The lowest BCUT2D eigenvalue weighted by atomic mass is 9.99. The zero-order valence-corrected chi connectivity index (χ0v) is 17.7. The van der Waals surface area contributed by atoms with E-state index in [9.17, 15) is 13.0 Å². The Labute approximate surface area is 160 Å². The van der Waals surface area contributed by atoms with Gasteiger partial charge in [-0.05, 0) is 56.7 Å². The van der Waals surface area contributed by atoms with Gasteiger partial charge in [-0.25, -0.2) is 0 Å². The molecule has 1 aromatic rings. The summed E-state index contributed by atoms with van der Waals surface area (Å²) in [5.74, 6) is 0.557. The summed E-state index contributed by atoms with van der Waals surface area (Å²) < 4.78 is 38.3. The first-order valence-corrected chi connectivity index (χ1v) is 11.4. The van der Waals surface area contributed by atoms with Crippen molar-refractivity contribution in [2.75, 3.05) is 0 Å². The molecule has 0 fully saturated rings. The van der Waals surface area contributed by atoms with Crippen LogP contribution in [0.5, 0.6) is 5.75 Å². The van der Waals surface area contributed by atoms with E-state index < -0.39 is 15.1 Å². The van der Waals surface area contributed by atoms with Crippen LogP contribution in [0.1, 0.15) is 90.2 Å². The fourth-order valence-corrected chi connectivity index (χ4v) is 3.09. The Bertz CT molecular complexity index is 635. The van der Waals surface area contributed by atoms with E-state index in [1.807, 2.05) is 12.1 Å². The van der Waals surface area contributed by atoms with Gasteiger partial charge in [0.25, 0.3) is 0 Å². The molecule has 0 saturated carbocycles. The van der Waals surface area contributed by atoms with Crippen LogP contribution in [0.3, 0.4) is 0 Å². The number of hydrogen-bond acceptors (Lipinski definition) is 3. The summed E-state index contributed by atoms with van der Waals surface area (Å²) in [6.45, 7) is 7.14. The maximum Gasteiger partial charge on any atom is 0.305 e. The SMILES string of the molecule is CCCCCCc1ccc(OC(C)(C)S(=O)(=O)O)c(CCCCCC)c1. The lowest BCUT2D eigenvalue weighted by Gasteiger charge is -2.25. The molecule has 1 aromatic carbocycles. The normalized spacial score (nSPS) is 12.3. The van der Waals surface area contributed by atoms with Crippen molar-refractivity contribution in [3.05, 3.63) is 29.3 Å². The average Bonchev–Trinajstić information content (AvgIpc) is 2.56. The number of aryl methyl sites for hydroxylation is 2. The Balaban J connectivity index is 2.92. The Morgan fingerprint density at radius 1 is 0.923 bits per heavy atom. The Hall–Kier alpha value is -1.07. The van der Waals surface area contributed by atoms with Crippen LogP contribution in [0.2, 0.25) is 0 Å². The van der Waals surface area contributed by atoms with E-state index in [2.05, 4.69) is 19.9 Å². The predicted molar refractivity (Wildman–Crippen MR) is 108 cm³/mol. The van der Waals surface area contributed by atoms with E-state index in [0.29, 0.717) is 5.75 Å². The summed E-state index contributed by atoms with van der Waals surface area (Å²) in [5, 5.41) is 0. The topological polar surface area (TPSA) is 63.6 Å². The van der Waals surface area contributed by atoms with E-state index in [4.69, 9.17) is 4.74 Å². The average molecular weight is 385 g/mol. The summed E-state index contributed by atoms with van der Waals surface area (Å²) in [6.07, 6.45) is 11.3. The van der Waals surface area contributed by atoms with Crippen molar-refractivity contribution >= 4 is 10.1 Å². The van der Waals surface area contributed by atoms with Gasteiger partial charge in [0.2, 0.25) is 4.93 Å². The van der Waals surface area contributed by atoms with E-state index in [0.717, 1.165) is 31.2 Å². The van der Waals surface area contributed by atoms with E-state index >= 15 is 0 Å². The smallest absolute Gasteiger partial charge is 0.305 e. The molecule has 150 valence electrons. The van der Waals surface area contributed by atoms with Crippen LogP contribution in [0, 0.1) is 0 Å². The molecule has 0 aliphatic carbocycles. The van der Waals surface area contributed by atoms with Crippen LogP contribution in [-0.4, -0.2) is 17.9 Å². The molecule has 1 rings (SSSR count). The third-order valence-electron chi connectivity index (χ3n) is 4.72.